The van der Waals surface area contributed by atoms with Crippen molar-refractivity contribution in [3.05, 3.63) is 30.0 Å². The molecule has 1 N–H and O–H groups in total. The molecule has 1 aromatic carbocycles. The summed E-state index contributed by atoms with van der Waals surface area (Å²) in [4.78, 5) is 15.2. The largest absolute Gasteiger partial charge is 0.476 e. The maximum absolute atomic E-state index is 11.2. The molecule has 0 aliphatic rings. The van der Waals surface area contributed by atoms with Gasteiger partial charge in [-0.1, -0.05) is 18.2 Å². The molecule has 108 valence electrons. The zero-order valence-corrected chi connectivity index (χ0v) is 11.5. The normalized spacial score (nSPS) is 11.0. The lowest BCUT2D eigenvalue weighted by Gasteiger charge is -1.96. The number of hydrogen-bond donors (Lipinski definition) is 1. The summed E-state index contributed by atoms with van der Waals surface area (Å²) < 4.78 is 12.3. The Morgan fingerprint density at radius 1 is 1.43 bits per heavy atom. The third kappa shape index (κ3) is 2.12. The van der Waals surface area contributed by atoms with E-state index in [0.717, 1.165) is 10.9 Å². The van der Waals surface area contributed by atoms with Gasteiger partial charge >= 0.3 is 11.9 Å². The third-order valence-electron chi connectivity index (χ3n) is 3.03. The molecule has 0 aliphatic carbocycles. The smallest absolute Gasteiger partial charge is 0.362 e. The van der Waals surface area contributed by atoms with E-state index in [1.807, 2.05) is 24.3 Å². The molecule has 2 heterocycles. The number of benzene rings is 1. The molecule has 0 amide bonds. The average molecular weight is 287 g/mol. The number of fused-ring (bicyclic) bond motifs is 1. The molecular formula is C14H13N3O4. The topological polar surface area (TPSA) is 90.4 Å². The van der Waals surface area contributed by atoms with Crippen molar-refractivity contribution in [1.29, 1.82) is 0 Å². The van der Waals surface area contributed by atoms with Crippen molar-refractivity contribution < 1.29 is 19.1 Å². The summed E-state index contributed by atoms with van der Waals surface area (Å²) >= 11 is 0. The highest BCUT2D eigenvalue weighted by molar-refractivity contribution is 5.93. The first-order valence-corrected chi connectivity index (χ1v) is 6.40. The Morgan fingerprint density at radius 3 is 2.90 bits per heavy atom. The van der Waals surface area contributed by atoms with Crippen molar-refractivity contribution in [2.45, 2.75) is 6.92 Å². The molecule has 0 bridgehead atoms. The van der Waals surface area contributed by atoms with Crippen LogP contribution in [0.15, 0.2) is 28.7 Å². The van der Waals surface area contributed by atoms with Gasteiger partial charge in [0.15, 0.2) is 5.69 Å². The average Bonchev–Trinajstić information content (AvgIpc) is 3.02. The highest BCUT2D eigenvalue weighted by Gasteiger charge is 2.24. The van der Waals surface area contributed by atoms with E-state index < -0.39 is 5.97 Å². The van der Waals surface area contributed by atoms with Gasteiger partial charge < -0.3 is 14.3 Å². The summed E-state index contributed by atoms with van der Waals surface area (Å²) in [5.41, 5.74) is 1.14. The van der Waals surface area contributed by atoms with Gasteiger partial charge in [-0.15, -0.1) is 0 Å². The Balaban J connectivity index is 2.19. The lowest BCUT2D eigenvalue weighted by atomic mass is 10.2. The minimum atomic E-state index is -1.20. The Bertz CT molecular complexity index is 819. The first-order chi connectivity index (χ1) is 10.1. The standard InChI is InChI=1S/C14H13N3O4/c1-3-20-14-11(13(18)19)15-12(21-14)10-8-6-4-5-7-9(8)17(2)16-10/h4-7H,3H2,1-2H3,(H,18,19). The molecule has 0 atom stereocenters. The van der Waals surface area contributed by atoms with E-state index in [4.69, 9.17) is 14.3 Å². The number of ether oxygens (including phenoxy) is 1. The number of carboxylic acid groups (broad SMARTS) is 1. The molecule has 0 radical (unpaired) electrons. The molecule has 0 fully saturated rings. The predicted octanol–water partition coefficient (Wildman–Crippen LogP) is 2.33. The van der Waals surface area contributed by atoms with Gasteiger partial charge in [0.25, 0.3) is 5.89 Å². The minimum Gasteiger partial charge on any atom is -0.476 e. The number of aromatic nitrogens is 3. The van der Waals surface area contributed by atoms with Crippen LogP contribution < -0.4 is 4.74 Å². The van der Waals surface area contributed by atoms with Crippen molar-refractivity contribution in [3.63, 3.8) is 0 Å². The van der Waals surface area contributed by atoms with Crippen LogP contribution in [0.3, 0.4) is 0 Å². The number of para-hydroxylation sites is 1. The molecule has 3 rings (SSSR count). The first-order valence-electron chi connectivity index (χ1n) is 6.40. The van der Waals surface area contributed by atoms with Crippen molar-refractivity contribution >= 4 is 16.9 Å². The van der Waals surface area contributed by atoms with Gasteiger partial charge in [-0.25, -0.2) is 4.79 Å². The van der Waals surface area contributed by atoms with E-state index in [2.05, 4.69) is 10.1 Å². The Hall–Kier alpha value is -2.83. The summed E-state index contributed by atoms with van der Waals surface area (Å²) in [5.74, 6) is -1.17. The van der Waals surface area contributed by atoms with E-state index in [1.54, 1.807) is 18.7 Å². The zero-order valence-electron chi connectivity index (χ0n) is 11.5. The molecule has 0 saturated heterocycles. The molecule has 0 spiro atoms. The molecule has 7 heteroatoms. The summed E-state index contributed by atoms with van der Waals surface area (Å²) in [6.45, 7) is 2.03. The van der Waals surface area contributed by atoms with E-state index in [1.165, 1.54) is 0 Å². The maximum atomic E-state index is 11.2. The second kappa shape index (κ2) is 4.93. The molecular weight excluding hydrogens is 274 g/mol. The van der Waals surface area contributed by atoms with Crippen molar-refractivity contribution in [1.82, 2.24) is 14.8 Å². The summed E-state index contributed by atoms with van der Waals surface area (Å²) in [7, 11) is 1.80. The molecule has 0 unspecified atom stereocenters. The first kappa shape index (κ1) is 13.2. The van der Waals surface area contributed by atoms with Crippen LogP contribution in [0.2, 0.25) is 0 Å². The fourth-order valence-electron chi connectivity index (χ4n) is 2.14. The second-order valence-electron chi connectivity index (χ2n) is 4.38. The van der Waals surface area contributed by atoms with Gasteiger partial charge in [0, 0.05) is 12.4 Å². The number of carboxylic acids is 1. The van der Waals surface area contributed by atoms with Crippen LogP contribution >= 0.6 is 0 Å². The van der Waals surface area contributed by atoms with E-state index >= 15 is 0 Å². The van der Waals surface area contributed by atoms with Crippen molar-refractivity contribution in [2.75, 3.05) is 6.61 Å². The zero-order chi connectivity index (χ0) is 15.0. The van der Waals surface area contributed by atoms with Crippen LogP contribution in [-0.4, -0.2) is 32.4 Å². The van der Waals surface area contributed by atoms with Crippen LogP contribution in [0.5, 0.6) is 5.95 Å². The van der Waals surface area contributed by atoms with Gasteiger partial charge in [0.05, 0.1) is 12.1 Å². The fraction of sp³-hybridized carbons (Fsp3) is 0.214. The number of rotatable bonds is 4. The Kier molecular flexibility index (Phi) is 3.09. The predicted molar refractivity (Wildman–Crippen MR) is 74.3 cm³/mol. The summed E-state index contributed by atoms with van der Waals surface area (Å²) in [6, 6.07) is 7.56. The maximum Gasteiger partial charge on any atom is 0.362 e. The minimum absolute atomic E-state index is 0.102. The summed E-state index contributed by atoms with van der Waals surface area (Å²) in [5, 5.41) is 14.3. The lowest BCUT2D eigenvalue weighted by molar-refractivity contribution is 0.0683. The molecule has 7 nitrogen and oxygen atoms in total. The highest BCUT2D eigenvalue weighted by Crippen LogP contribution is 2.31. The van der Waals surface area contributed by atoms with Crippen LogP contribution in [0.4, 0.5) is 0 Å². The molecule has 2 aromatic heterocycles. The van der Waals surface area contributed by atoms with Gasteiger partial charge in [-0.05, 0) is 13.0 Å². The van der Waals surface area contributed by atoms with Gasteiger partial charge in [-0.2, -0.15) is 10.1 Å². The van der Waals surface area contributed by atoms with Crippen molar-refractivity contribution in [3.8, 4) is 17.5 Å². The van der Waals surface area contributed by atoms with Gasteiger partial charge in [0.2, 0.25) is 5.69 Å². The number of nitrogens with zero attached hydrogens (tertiary/aromatic N) is 3. The van der Waals surface area contributed by atoms with Crippen LogP contribution in [-0.2, 0) is 7.05 Å². The van der Waals surface area contributed by atoms with Crippen LogP contribution in [0.25, 0.3) is 22.5 Å². The number of aromatic carboxylic acids is 1. The van der Waals surface area contributed by atoms with E-state index in [-0.39, 0.29) is 24.1 Å². The monoisotopic (exact) mass is 287 g/mol. The lowest BCUT2D eigenvalue weighted by Crippen LogP contribution is -2.01. The van der Waals surface area contributed by atoms with E-state index in [0.29, 0.717) is 5.69 Å². The van der Waals surface area contributed by atoms with Gasteiger partial charge in [0.1, 0.15) is 0 Å². The van der Waals surface area contributed by atoms with E-state index in [9.17, 15) is 4.79 Å². The SMILES string of the molecule is CCOc1oc(-c2nn(C)c3ccccc23)nc1C(=O)O. The molecule has 0 aliphatic heterocycles. The van der Waals surface area contributed by atoms with Crippen LogP contribution in [0.1, 0.15) is 17.4 Å². The quantitative estimate of drug-likeness (QED) is 0.792. The second-order valence-corrected chi connectivity index (χ2v) is 4.38. The molecule has 21 heavy (non-hydrogen) atoms. The number of aryl methyl sites for hydroxylation is 1. The Labute approximate surface area is 119 Å². The van der Waals surface area contributed by atoms with Gasteiger partial charge in [-0.3, -0.25) is 4.68 Å². The number of hydrogen-bond acceptors (Lipinski definition) is 5. The van der Waals surface area contributed by atoms with Crippen LogP contribution in [0, 0.1) is 0 Å². The highest BCUT2D eigenvalue weighted by atomic mass is 16.6. The van der Waals surface area contributed by atoms with Crippen molar-refractivity contribution in [2.24, 2.45) is 7.05 Å². The fourth-order valence-corrected chi connectivity index (χ4v) is 2.14. The molecule has 0 saturated carbocycles. The number of oxazole rings is 1. The third-order valence-corrected chi connectivity index (χ3v) is 3.03. The number of carbonyl (C=O) groups is 1. The molecule has 3 aromatic rings. The summed E-state index contributed by atoms with van der Waals surface area (Å²) in [6.07, 6.45) is 0. The Morgan fingerprint density at radius 2 is 2.19 bits per heavy atom.